The van der Waals surface area contributed by atoms with E-state index in [-0.39, 0.29) is 17.5 Å². The highest BCUT2D eigenvalue weighted by Gasteiger charge is 2.20. The first-order valence-electron chi connectivity index (χ1n) is 4.43. The van der Waals surface area contributed by atoms with Crippen molar-refractivity contribution in [2.45, 2.75) is 24.1 Å². The number of hydrogen-bond donors (Lipinski definition) is 1. The fourth-order valence-electron chi connectivity index (χ4n) is 1.06. The van der Waals surface area contributed by atoms with Crippen LogP contribution in [0.5, 0.6) is 0 Å². The van der Waals surface area contributed by atoms with Gasteiger partial charge in [-0.3, -0.25) is 10.1 Å². The molecule has 0 aliphatic carbocycles. The fourth-order valence-corrected chi connectivity index (χ4v) is 1.99. The largest absolute Gasteiger partial charge is 0.395 e. The van der Waals surface area contributed by atoms with Crippen LogP contribution < -0.4 is 0 Å². The summed E-state index contributed by atoms with van der Waals surface area (Å²) in [5, 5.41) is 19.9. The van der Waals surface area contributed by atoms with Crippen LogP contribution in [-0.4, -0.2) is 26.9 Å². The summed E-state index contributed by atoms with van der Waals surface area (Å²) >= 11 is 1.21. The van der Waals surface area contributed by atoms with E-state index in [2.05, 4.69) is 4.98 Å². The van der Waals surface area contributed by atoms with Gasteiger partial charge in [0.05, 0.1) is 11.5 Å². The first-order valence-corrected chi connectivity index (χ1v) is 5.31. The highest BCUT2D eigenvalue weighted by molar-refractivity contribution is 8.00. The molecular weight excluding hydrogens is 216 g/mol. The third-order valence-electron chi connectivity index (χ3n) is 1.84. The summed E-state index contributed by atoms with van der Waals surface area (Å²) in [6.07, 6.45) is 1.54. The summed E-state index contributed by atoms with van der Waals surface area (Å²) in [5.41, 5.74) is 0.616. The van der Waals surface area contributed by atoms with Crippen LogP contribution in [0.25, 0.3) is 0 Å². The van der Waals surface area contributed by atoms with E-state index >= 15 is 0 Å². The van der Waals surface area contributed by atoms with Crippen LogP contribution in [0.2, 0.25) is 0 Å². The van der Waals surface area contributed by atoms with Gasteiger partial charge in [0.15, 0.2) is 5.03 Å². The molecule has 1 aromatic heterocycles. The van der Waals surface area contributed by atoms with Crippen molar-refractivity contribution in [1.29, 1.82) is 0 Å². The van der Waals surface area contributed by atoms with Crippen LogP contribution in [-0.2, 0) is 0 Å². The second-order valence-electron chi connectivity index (χ2n) is 3.15. The predicted molar refractivity (Wildman–Crippen MR) is 58.0 cm³/mol. The Morgan fingerprint density at radius 3 is 2.93 bits per heavy atom. The summed E-state index contributed by atoms with van der Waals surface area (Å²) in [6, 6.07) is 1.60. The standard InChI is InChI=1S/C9H12N2O3S/c1-6-3-4-10-9(8(6)11(13)14)15-7(2)5-12/h3-4,7,12H,5H2,1-2H3. The molecule has 1 aromatic rings. The maximum atomic E-state index is 10.8. The number of pyridine rings is 1. The first-order chi connectivity index (χ1) is 7.06. The van der Waals surface area contributed by atoms with Crippen molar-refractivity contribution in [1.82, 2.24) is 4.98 Å². The van der Waals surface area contributed by atoms with Crippen molar-refractivity contribution in [2.75, 3.05) is 6.61 Å². The van der Waals surface area contributed by atoms with Gasteiger partial charge in [0.2, 0.25) is 0 Å². The summed E-state index contributed by atoms with van der Waals surface area (Å²) < 4.78 is 0. The number of thioether (sulfide) groups is 1. The van der Waals surface area contributed by atoms with Crippen LogP contribution in [0, 0.1) is 17.0 Å². The molecule has 0 saturated heterocycles. The van der Waals surface area contributed by atoms with Crippen molar-refractivity contribution in [3.63, 3.8) is 0 Å². The normalized spacial score (nSPS) is 12.5. The second-order valence-corrected chi connectivity index (χ2v) is 4.58. The lowest BCUT2D eigenvalue weighted by Crippen LogP contribution is -2.04. The number of nitrogens with zero attached hydrogens (tertiary/aromatic N) is 2. The first kappa shape index (κ1) is 11.9. The van der Waals surface area contributed by atoms with Crippen LogP contribution in [0.1, 0.15) is 12.5 Å². The molecule has 1 atom stereocenters. The molecule has 0 aromatic carbocycles. The lowest BCUT2D eigenvalue weighted by Gasteiger charge is -2.07. The minimum Gasteiger partial charge on any atom is -0.395 e. The van der Waals surface area contributed by atoms with Crippen molar-refractivity contribution in [3.8, 4) is 0 Å². The van der Waals surface area contributed by atoms with E-state index in [1.807, 2.05) is 0 Å². The molecule has 1 rings (SSSR count). The van der Waals surface area contributed by atoms with Gasteiger partial charge in [-0.05, 0) is 13.0 Å². The van der Waals surface area contributed by atoms with Crippen molar-refractivity contribution in [3.05, 3.63) is 27.9 Å². The van der Waals surface area contributed by atoms with Gasteiger partial charge in [-0.1, -0.05) is 18.7 Å². The van der Waals surface area contributed by atoms with Crippen molar-refractivity contribution < 1.29 is 10.0 Å². The molecule has 0 saturated carbocycles. The van der Waals surface area contributed by atoms with E-state index in [0.717, 1.165) is 0 Å². The van der Waals surface area contributed by atoms with Crippen LogP contribution >= 0.6 is 11.8 Å². The Labute approximate surface area is 91.7 Å². The molecule has 0 spiro atoms. The molecule has 0 aliphatic rings. The van der Waals surface area contributed by atoms with E-state index in [9.17, 15) is 10.1 Å². The van der Waals surface area contributed by atoms with Crippen molar-refractivity contribution in [2.24, 2.45) is 0 Å². The number of nitro groups is 1. The molecule has 0 bridgehead atoms. The Bertz CT molecular complexity index is 370. The topological polar surface area (TPSA) is 76.3 Å². The van der Waals surface area contributed by atoms with Gasteiger partial charge >= 0.3 is 5.69 Å². The number of aliphatic hydroxyl groups is 1. The zero-order valence-corrected chi connectivity index (χ0v) is 9.32. The summed E-state index contributed by atoms with van der Waals surface area (Å²) in [7, 11) is 0. The maximum absolute atomic E-state index is 10.8. The molecule has 0 aliphatic heterocycles. The molecule has 15 heavy (non-hydrogen) atoms. The van der Waals surface area contributed by atoms with Crippen LogP contribution in [0.15, 0.2) is 17.3 Å². The smallest absolute Gasteiger partial charge is 0.304 e. The Morgan fingerprint density at radius 2 is 2.40 bits per heavy atom. The van der Waals surface area contributed by atoms with Crippen LogP contribution in [0.4, 0.5) is 5.69 Å². The van der Waals surface area contributed by atoms with Gasteiger partial charge in [-0.15, -0.1) is 0 Å². The summed E-state index contributed by atoms with van der Waals surface area (Å²) in [4.78, 5) is 14.3. The van der Waals surface area contributed by atoms with E-state index in [4.69, 9.17) is 5.11 Å². The van der Waals surface area contributed by atoms with E-state index in [1.54, 1.807) is 19.9 Å². The van der Waals surface area contributed by atoms with E-state index in [1.165, 1.54) is 18.0 Å². The fraction of sp³-hybridized carbons (Fsp3) is 0.444. The minimum absolute atomic E-state index is 0.0303. The SMILES string of the molecule is Cc1ccnc(SC(C)CO)c1[N+](=O)[O-]. The zero-order chi connectivity index (χ0) is 11.4. The average molecular weight is 228 g/mol. The second kappa shape index (κ2) is 5.09. The van der Waals surface area contributed by atoms with Gasteiger partial charge < -0.3 is 5.11 Å². The van der Waals surface area contributed by atoms with E-state index in [0.29, 0.717) is 10.6 Å². The number of hydrogen-bond acceptors (Lipinski definition) is 5. The highest BCUT2D eigenvalue weighted by Crippen LogP contribution is 2.31. The number of aryl methyl sites for hydroxylation is 1. The molecule has 1 unspecified atom stereocenters. The molecule has 82 valence electrons. The van der Waals surface area contributed by atoms with Gasteiger partial charge in [0.1, 0.15) is 0 Å². The third-order valence-corrected chi connectivity index (χ3v) is 2.92. The summed E-state index contributed by atoms with van der Waals surface area (Å²) in [5.74, 6) is 0. The molecular formula is C9H12N2O3S. The van der Waals surface area contributed by atoms with E-state index < -0.39 is 4.92 Å². The number of rotatable bonds is 4. The number of aromatic nitrogens is 1. The monoisotopic (exact) mass is 228 g/mol. The molecule has 0 fully saturated rings. The molecule has 0 radical (unpaired) electrons. The molecule has 6 heteroatoms. The predicted octanol–water partition coefficient (Wildman–Crippen LogP) is 1.77. The maximum Gasteiger partial charge on any atom is 0.304 e. The minimum atomic E-state index is -0.436. The lowest BCUT2D eigenvalue weighted by molar-refractivity contribution is -0.388. The van der Waals surface area contributed by atoms with Crippen LogP contribution in [0.3, 0.4) is 0 Å². The van der Waals surface area contributed by atoms with Gasteiger partial charge in [-0.25, -0.2) is 4.98 Å². The Balaban J connectivity index is 3.06. The third kappa shape index (κ3) is 2.90. The Kier molecular flexibility index (Phi) is 4.05. The van der Waals surface area contributed by atoms with Gasteiger partial charge in [-0.2, -0.15) is 0 Å². The Morgan fingerprint density at radius 1 is 1.73 bits per heavy atom. The lowest BCUT2D eigenvalue weighted by atomic mass is 10.3. The molecule has 5 nitrogen and oxygen atoms in total. The average Bonchev–Trinajstić information content (AvgIpc) is 2.17. The zero-order valence-electron chi connectivity index (χ0n) is 8.51. The van der Waals surface area contributed by atoms with Crippen molar-refractivity contribution >= 4 is 17.4 Å². The highest BCUT2D eigenvalue weighted by atomic mass is 32.2. The molecule has 1 N–H and O–H groups in total. The molecule has 0 amide bonds. The molecule has 1 heterocycles. The number of aliphatic hydroxyl groups excluding tert-OH is 1. The van der Waals surface area contributed by atoms with Gasteiger partial charge in [0.25, 0.3) is 0 Å². The van der Waals surface area contributed by atoms with Gasteiger partial charge in [0, 0.05) is 17.0 Å². The quantitative estimate of drug-likeness (QED) is 0.483. The summed E-state index contributed by atoms with van der Waals surface area (Å²) in [6.45, 7) is 3.43. The Hall–Kier alpha value is -1.14.